The second kappa shape index (κ2) is 6.88. The molecule has 2 aliphatic rings. The van der Waals surface area contributed by atoms with Gasteiger partial charge in [0.15, 0.2) is 0 Å². The van der Waals surface area contributed by atoms with Gasteiger partial charge in [-0.1, -0.05) is 0 Å². The van der Waals surface area contributed by atoms with E-state index in [-0.39, 0.29) is 18.4 Å². The Kier molecular flexibility index (Phi) is 5.05. The van der Waals surface area contributed by atoms with Crippen LogP contribution in [0.1, 0.15) is 30.6 Å². The summed E-state index contributed by atoms with van der Waals surface area (Å²) in [5.74, 6) is 0.00358. The van der Waals surface area contributed by atoms with Gasteiger partial charge in [0, 0.05) is 31.1 Å². The van der Waals surface area contributed by atoms with E-state index in [9.17, 15) is 18.3 Å². The van der Waals surface area contributed by atoms with Gasteiger partial charge in [0.1, 0.15) is 4.21 Å². The van der Waals surface area contributed by atoms with Gasteiger partial charge in [0.05, 0.1) is 12.5 Å². The van der Waals surface area contributed by atoms with Gasteiger partial charge in [-0.05, 0) is 37.8 Å². The number of amides is 1. The highest BCUT2D eigenvalue weighted by atomic mass is 32.2. The zero-order chi connectivity index (χ0) is 16.4. The first-order chi connectivity index (χ1) is 11.0. The molecule has 3 heterocycles. The van der Waals surface area contributed by atoms with E-state index in [0.29, 0.717) is 43.2 Å². The van der Waals surface area contributed by atoms with Crippen molar-refractivity contribution in [1.29, 1.82) is 0 Å². The van der Waals surface area contributed by atoms with Crippen LogP contribution in [0.2, 0.25) is 0 Å². The van der Waals surface area contributed by atoms with Gasteiger partial charge in [-0.15, -0.1) is 11.3 Å². The number of thiophene rings is 1. The average Bonchev–Trinajstić information content (AvgIpc) is 3.19. The highest BCUT2D eigenvalue weighted by Crippen LogP contribution is 2.28. The third-order valence-electron chi connectivity index (χ3n) is 4.44. The predicted octanol–water partition coefficient (Wildman–Crippen LogP) is 1.06. The molecule has 2 saturated heterocycles. The third kappa shape index (κ3) is 3.76. The van der Waals surface area contributed by atoms with Crippen LogP contribution in [0, 0.1) is 0 Å². The fourth-order valence-electron chi connectivity index (χ4n) is 3.02. The van der Waals surface area contributed by atoms with Crippen molar-refractivity contribution in [3.63, 3.8) is 0 Å². The lowest BCUT2D eigenvalue weighted by Gasteiger charge is -2.29. The molecule has 0 spiro atoms. The molecule has 0 bridgehead atoms. The molecule has 1 aromatic heterocycles. The summed E-state index contributed by atoms with van der Waals surface area (Å²) in [6, 6.07) is 3.35. The highest BCUT2D eigenvalue weighted by molar-refractivity contribution is 7.91. The number of nitrogens with zero attached hydrogens (tertiary/aromatic N) is 2. The summed E-state index contributed by atoms with van der Waals surface area (Å²) in [6.45, 7) is 2.32. The lowest BCUT2D eigenvalue weighted by molar-refractivity contribution is -0.132. The first-order valence-corrected chi connectivity index (χ1v) is 10.3. The van der Waals surface area contributed by atoms with Crippen LogP contribution in [0.25, 0.3) is 0 Å². The van der Waals surface area contributed by atoms with Crippen LogP contribution in [0.4, 0.5) is 0 Å². The van der Waals surface area contributed by atoms with E-state index in [1.807, 2.05) is 0 Å². The maximum atomic E-state index is 12.5. The number of sulfonamides is 1. The van der Waals surface area contributed by atoms with Crippen molar-refractivity contribution in [3.05, 3.63) is 17.0 Å². The number of piperidine rings is 1. The summed E-state index contributed by atoms with van der Waals surface area (Å²) in [5.41, 5.74) is 0. The normalized spacial score (nSPS) is 21.0. The Hall–Kier alpha value is -0.960. The van der Waals surface area contributed by atoms with Crippen LogP contribution >= 0.6 is 11.3 Å². The molecule has 0 aliphatic carbocycles. The standard InChI is InChI=1S/C15H22N2O4S2/c18-12-5-9-16(10-6-12)14(19)11-13-3-4-15(22-13)23(20,21)17-7-1-2-8-17/h3-4,12,18H,1-2,5-11H2. The predicted molar refractivity (Wildman–Crippen MR) is 87.8 cm³/mol. The SMILES string of the molecule is O=C(Cc1ccc(S(=O)(=O)N2CCCC2)s1)N1CCC(O)CC1. The quantitative estimate of drug-likeness (QED) is 0.873. The number of aliphatic hydroxyl groups is 1. The van der Waals surface area contributed by atoms with E-state index in [2.05, 4.69) is 0 Å². The maximum absolute atomic E-state index is 12.5. The summed E-state index contributed by atoms with van der Waals surface area (Å²) in [7, 11) is -3.39. The van der Waals surface area contributed by atoms with Crippen molar-refractivity contribution in [2.45, 2.75) is 42.4 Å². The fourth-order valence-corrected chi connectivity index (χ4v) is 6.04. The monoisotopic (exact) mass is 358 g/mol. The molecule has 0 saturated carbocycles. The number of hydrogen-bond acceptors (Lipinski definition) is 5. The van der Waals surface area contributed by atoms with E-state index in [1.54, 1.807) is 17.0 Å². The lowest BCUT2D eigenvalue weighted by Crippen LogP contribution is -2.40. The minimum Gasteiger partial charge on any atom is -0.393 e. The topological polar surface area (TPSA) is 77.9 Å². The van der Waals surface area contributed by atoms with Crippen molar-refractivity contribution in [1.82, 2.24) is 9.21 Å². The van der Waals surface area contributed by atoms with Crippen molar-refractivity contribution in [2.75, 3.05) is 26.2 Å². The van der Waals surface area contributed by atoms with Crippen molar-refractivity contribution in [3.8, 4) is 0 Å². The van der Waals surface area contributed by atoms with Crippen LogP contribution in [-0.2, 0) is 21.2 Å². The summed E-state index contributed by atoms with van der Waals surface area (Å²) in [6.07, 6.45) is 2.98. The summed E-state index contributed by atoms with van der Waals surface area (Å²) >= 11 is 1.19. The van der Waals surface area contributed by atoms with Gasteiger partial charge in [-0.2, -0.15) is 4.31 Å². The van der Waals surface area contributed by atoms with E-state index in [0.717, 1.165) is 17.7 Å². The summed E-state index contributed by atoms with van der Waals surface area (Å²) in [4.78, 5) is 14.8. The third-order valence-corrected chi connectivity index (χ3v) is 7.89. The number of hydrogen-bond donors (Lipinski definition) is 1. The highest BCUT2D eigenvalue weighted by Gasteiger charge is 2.29. The van der Waals surface area contributed by atoms with Crippen LogP contribution in [-0.4, -0.2) is 60.9 Å². The zero-order valence-corrected chi connectivity index (χ0v) is 14.6. The van der Waals surface area contributed by atoms with Crippen molar-refractivity contribution >= 4 is 27.3 Å². The fraction of sp³-hybridized carbons (Fsp3) is 0.667. The molecule has 1 amide bonds. The zero-order valence-electron chi connectivity index (χ0n) is 13.0. The van der Waals surface area contributed by atoms with Crippen LogP contribution < -0.4 is 0 Å². The smallest absolute Gasteiger partial charge is 0.252 e. The molecule has 2 fully saturated rings. The van der Waals surface area contributed by atoms with Gasteiger partial charge < -0.3 is 10.0 Å². The molecule has 128 valence electrons. The van der Waals surface area contributed by atoms with Gasteiger partial charge >= 0.3 is 0 Å². The Labute approximate surface area is 140 Å². The molecule has 1 N–H and O–H groups in total. The Balaban J connectivity index is 1.64. The van der Waals surface area contributed by atoms with Crippen LogP contribution in [0.3, 0.4) is 0 Å². The largest absolute Gasteiger partial charge is 0.393 e. The van der Waals surface area contributed by atoms with E-state index in [4.69, 9.17) is 0 Å². The molecule has 0 atom stereocenters. The molecule has 3 rings (SSSR count). The Morgan fingerprint density at radius 2 is 1.83 bits per heavy atom. The molecule has 1 aromatic rings. The van der Waals surface area contributed by atoms with E-state index < -0.39 is 10.0 Å². The lowest BCUT2D eigenvalue weighted by atomic mass is 10.1. The molecular formula is C15H22N2O4S2. The first-order valence-electron chi connectivity index (χ1n) is 8.01. The molecule has 2 aliphatic heterocycles. The number of rotatable bonds is 4. The van der Waals surface area contributed by atoms with E-state index in [1.165, 1.54) is 15.6 Å². The molecular weight excluding hydrogens is 336 g/mol. The Bertz CT molecular complexity index is 657. The number of likely N-dealkylation sites (tertiary alicyclic amines) is 1. The van der Waals surface area contributed by atoms with Crippen LogP contribution in [0.15, 0.2) is 16.3 Å². The van der Waals surface area contributed by atoms with Crippen LogP contribution in [0.5, 0.6) is 0 Å². The molecule has 0 aromatic carbocycles. The van der Waals surface area contributed by atoms with Crippen molar-refractivity contribution in [2.24, 2.45) is 0 Å². The molecule has 23 heavy (non-hydrogen) atoms. The van der Waals surface area contributed by atoms with Crippen molar-refractivity contribution < 1.29 is 18.3 Å². The minimum atomic E-state index is -3.39. The van der Waals surface area contributed by atoms with Gasteiger partial charge in [-0.3, -0.25) is 4.79 Å². The molecule has 0 radical (unpaired) electrons. The first kappa shape index (κ1) is 16.9. The summed E-state index contributed by atoms with van der Waals surface area (Å²) < 4.78 is 26.8. The summed E-state index contributed by atoms with van der Waals surface area (Å²) in [5, 5.41) is 9.49. The second-order valence-corrected chi connectivity index (χ2v) is 9.45. The molecule has 8 heteroatoms. The Morgan fingerprint density at radius 3 is 2.48 bits per heavy atom. The van der Waals surface area contributed by atoms with Gasteiger partial charge in [-0.25, -0.2) is 8.42 Å². The minimum absolute atomic E-state index is 0.00358. The molecule has 0 unspecified atom stereocenters. The maximum Gasteiger partial charge on any atom is 0.252 e. The number of aliphatic hydroxyl groups excluding tert-OH is 1. The number of carbonyl (C=O) groups excluding carboxylic acids is 1. The van der Waals surface area contributed by atoms with E-state index >= 15 is 0 Å². The van der Waals surface area contributed by atoms with Gasteiger partial charge in [0.25, 0.3) is 10.0 Å². The number of carbonyl (C=O) groups is 1. The average molecular weight is 358 g/mol. The Morgan fingerprint density at radius 1 is 1.17 bits per heavy atom. The molecule has 6 nitrogen and oxygen atoms in total. The van der Waals surface area contributed by atoms with Gasteiger partial charge in [0.2, 0.25) is 5.91 Å². The second-order valence-electron chi connectivity index (χ2n) is 6.12.